The lowest BCUT2D eigenvalue weighted by Gasteiger charge is -2.12. The van der Waals surface area contributed by atoms with E-state index >= 15 is 0 Å². The zero-order valence-electron chi connectivity index (χ0n) is 13.9. The van der Waals surface area contributed by atoms with Gasteiger partial charge in [0.05, 0.1) is 11.6 Å². The number of rotatable bonds is 5. The third-order valence-electron chi connectivity index (χ3n) is 3.21. The first-order valence-electron chi connectivity index (χ1n) is 7.43. The minimum Gasteiger partial charge on any atom is -0.256 e. The number of allylic oxidation sites excluding steroid dienone is 6. The Morgan fingerprint density at radius 1 is 1.52 bits per heavy atom. The van der Waals surface area contributed by atoms with Crippen molar-refractivity contribution < 1.29 is 0 Å². The first kappa shape index (κ1) is 17.7. The van der Waals surface area contributed by atoms with Crippen molar-refractivity contribution in [2.75, 3.05) is 13.3 Å². The maximum absolute atomic E-state index is 4.92. The average molecular weight is 299 g/mol. The highest BCUT2D eigenvalue weighted by molar-refractivity contribution is 7.59. The van der Waals surface area contributed by atoms with E-state index in [9.17, 15) is 0 Å². The maximum atomic E-state index is 4.92. The topological polar surface area (TPSA) is 12.4 Å². The Morgan fingerprint density at radius 2 is 2.24 bits per heavy atom. The summed E-state index contributed by atoms with van der Waals surface area (Å²) in [5.41, 5.74) is 4.56. The number of aliphatic imine (C=N–C) groups is 1. The first-order chi connectivity index (χ1) is 9.97. The molecule has 0 aliphatic heterocycles. The van der Waals surface area contributed by atoms with Gasteiger partial charge in [-0.3, -0.25) is 4.99 Å². The summed E-state index contributed by atoms with van der Waals surface area (Å²) in [5, 5.41) is 0. The van der Waals surface area contributed by atoms with E-state index in [0.29, 0.717) is 0 Å². The predicted molar refractivity (Wildman–Crippen MR) is 98.2 cm³/mol. The molecule has 1 aliphatic rings. The summed E-state index contributed by atoms with van der Waals surface area (Å²) in [6, 6.07) is 0. The van der Waals surface area contributed by atoms with Crippen molar-refractivity contribution in [3.05, 3.63) is 47.5 Å². The molecule has 0 aromatic carbocycles. The van der Waals surface area contributed by atoms with Gasteiger partial charge < -0.3 is 0 Å². The molecule has 1 atom stereocenters. The first-order valence-corrected chi connectivity index (χ1v) is 9.73. The lowest BCUT2D eigenvalue weighted by atomic mass is 10.0. The number of nitrogens with zero attached hydrogens (tertiary/aromatic N) is 1. The molecule has 2 heteroatoms. The summed E-state index contributed by atoms with van der Waals surface area (Å²) in [4.78, 5) is 4.92. The van der Waals surface area contributed by atoms with Crippen molar-refractivity contribution in [3.63, 3.8) is 0 Å². The Kier molecular flexibility index (Phi) is 7.41. The van der Waals surface area contributed by atoms with E-state index in [1.807, 2.05) is 6.08 Å². The number of hydrogen-bond donors (Lipinski definition) is 0. The second-order valence-corrected chi connectivity index (χ2v) is 7.61. The van der Waals surface area contributed by atoms with Crippen molar-refractivity contribution >= 4 is 13.6 Å². The fourth-order valence-electron chi connectivity index (χ4n) is 2.07. The standard InChI is InChI=1S/C19H26NP/c1-7-17(14-21(5)6)18(8-2)20-19-13-15(3)11-9-10-12-16(19)4/h7,11,13-14,16H,1,8-9H2,2-6H3/b15-11-,17-14+,19-13+,20-18-. The molecule has 0 heterocycles. The van der Waals surface area contributed by atoms with Gasteiger partial charge in [-0.1, -0.05) is 56.8 Å². The second kappa shape index (κ2) is 8.81. The van der Waals surface area contributed by atoms with Crippen LogP contribution >= 0.6 is 7.92 Å². The third kappa shape index (κ3) is 5.86. The van der Waals surface area contributed by atoms with E-state index in [0.717, 1.165) is 24.3 Å². The quantitative estimate of drug-likeness (QED) is 0.274. The normalized spacial score (nSPS) is 25.0. The smallest absolute Gasteiger partial charge is 0.0597 e. The van der Waals surface area contributed by atoms with Crippen LogP contribution in [0, 0.1) is 17.8 Å². The van der Waals surface area contributed by atoms with Gasteiger partial charge in [0.1, 0.15) is 0 Å². The molecule has 0 spiro atoms. The van der Waals surface area contributed by atoms with E-state index < -0.39 is 0 Å². The van der Waals surface area contributed by atoms with E-state index in [1.165, 1.54) is 11.1 Å². The van der Waals surface area contributed by atoms with Gasteiger partial charge >= 0.3 is 0 Å². The van der Waals surface area contributed by atoms with Crippen LogP contribution in [0.15, 0.2) is 52.5 Å². The minimum absolute atomic E-state index is 0.109. The molecule has 1 rings (SSSR count). The Labute approximate surface area is 131 Å². The molecular formula is C19H26NP. The zero-order chi connectivity index (χ0) is 15.8. The van der Waals surface area contributed by atoms with Gasteiger partial charge in [0.15, 0.2) is 0 Å². The fourth-order valence-corrected chi connectivity index (χ4v) is 2.88. The van der Waals surface area contributed by atoms with E-state index in [4.69, 9.17) is 4.99 Å². The van der Waals surface area contributed by atoms with Crippen LogP contribution in [0.3, 0.4) is 0 Å². The van der Waals surface area contributed by atoms with Crippen LogP contribution in [-0.2, 0) is 0 Å². The van der Waals surface area contributed by atoms with Gasteiger partial charge in [0, 0.05) is 12.1 Å². The van der Waals surface area contributed by atoms with Crippen LogP contribution < -0.4 is 0 Å². The molecule has 21 heavy (non-hydrogen) atoms. The highest BCUT2D eigenvalue weighted by atomic mass is 31.1. The molecule has 0 aromatic heterocycles. The number of hydrogen-bond acceptors (Lipinski definition) is 1. The molecule has 0 saturated carbocycles. The van der Waals surface area contributed by atoms with Crippen LogP contribution in [0.4, 0.5) is 0 Å². The minimum atomic E-state index is -0.109. The highest BCUT2D eigenvalue weighted by Gasteiger charge is 2.10. The van der Waals surface area contributed by atoms with E-state index in [1.54, 1.807) is 0 Å². The van der Waals surface area contributed by atoms with Crippen molar-refractivity contribution in [2.45, 2.75) is 33.6 Å². The van der Waals surface area contributed by atoms with Crippen LogP contribution in [-0.4, -0.2) is 19.0 Å². The van der Waals surface area contributed by atoms with Crippen molar-refractivity contribution in [1.82, 2.24) is 0 Å². The summed E-state index contributed by atoms with van der Waals surface area (Å²) >= 11 is 0. The maximum Gasteiger partial charge on any atom is 0.0597 e. The van der Waals surface area contributed by atoms with Crippen LogP contribution in [0.25, 0.3) is 0 Å². The van der Waals surface area contributed by atoms with E-state index in [2.05, 4.69) is 70.5 Å². The Bertz CT molecular complexity index is 562. The second-order valence-electron chi connectivity index (χ2n) is 5.43. The molecule has 1 unspecified atom stereocenters. The zero-order valence-corrected chi connectivity index (χ0v) is 14.8. The molecule has 0 N–H and O–H groups in total. The lowest BCUT2D eigenvalue weighted by Crippen LogP contribution is -2.04. The Balaban J connectivity index is 3.25. The molecule has 0 amide bonds. The molecule has 0 saturated heterocycles. The molecule has 0 aromatic rings. The molecule has 0 fully saturated rings. The molecule has 1 nitrogen and oxygen atoms in total. The lowest BCUT2D eigenvalue weighted by molar-refractivity contribution is 0.871. The largest absolute Gasteiger partial charge is 0.256 e. The van der Waals surface area contributed by atoms with Gasteiger partial charge in [-0.15, -0.1) is 0 Å². The van der Waals surface area contributed by atoms with Crippen LogP contribution in [0.2, 0.25) is 0 Å². The van der Waals surface area contributed by atoms with Crippen molar-refractivity contribution in [2.24, 2.45) is 10.9 Å². The van der Waals surface area contributed by atoms with Crippen molar-refractivity contribution in [3.8, 4) is 11.8 Å². The molecule has 0 radical (unpaired) electrons. The summed E-state index contributed by atoms with van der Waals surface area (Å²) in [6.07, 6.45) is 7.98. The Hall–Kier alpha value is -1.38. The van der Waals surface area contributed by atoms with Gasteiger partial charge in [0.25, 0.3) is 0 Å². The van der Waals surface area contributed by atoms with Crippen LogP contribution in [0.1, 0.15) is 33.6 Å². The molecular weight excluding hydrogens is 273 g/mol. The fraction of sp³-hybridized carbons (Fsp3) is 0.421. The van der Waals surface area contributed by atoms with Gasteiger partial charge in [0.2, 0.25) is 0 Å². The summed E-state index contributed by atoms with van der Waals surface area (Å²) in [7, 11) is -0.109. The molecule has 1 aliphatic carbocycles. The summed E-state index contributed by atoms with van der Waals surface area (Å²) in [5.74, 6) is 8.92. The predicted octanol–water partition coefficient (Wildman–Crippen LogP) is 5.52. The average Bonchev–Trinajstić information content (AvgIpc) is 2.43. The third-order valence-corrected chi connectivity index (χ3v) is 4.01. The SMILES string of the molecule is C=CC(=C\P(C)C)/C(CC)=N\C1=C\C(C)=C/CC#CC1C. The van der Waals surface area contributed by atoms with Crippen LogP contribution in [0.5, 0.6) is 0 Å². The van der Waals surface area contributed by atoms with Gasteiger partial charge in [-0.2, -0.15) is 0 Å². The summed E-state index contributed by atoms with van der Waals surface area (Å²) < 4.78 is 0. The van der Waals surface area contributed by atoms with Crippen molar-refractivity contribution in [1.29, 1.82) is 0 Å². The molecule has 112 valence electrons. The van der Waals surface area contributed by atoms with Gasteiger partial charge in [-0.05, 0) is 45.2 Å². The Morgan fingerprint density at radius 3 is 2.81 bits per heavy atom. The highest BCUT2D eigenvalue weighted by Crippen LogP contribution is 2.30. The monoisotopic (exact) mass is 299 g/mol. The molecule has 0 bridgehead atoms. The summed E-state index contributed by atoms with van der Waals surface area (Å²) in [6.45, 7) is 14.8. The van der Waals surface area contributed by atoms with E-state index in [-0.39, 0.29) is 13.8 Å². The van der Waals surface area contributed by atoms with Gasteiger partial charge in [-0.25, -0.2) is 0 Å².